The van der Waals surface area contributed by atoms with E-state index in [-0.39, 0.29) is 5.69 Å². The zero-order valence-electron chi connectivity index (χ0n) is 15.4. The molecule has 146 valence electrons. The van der Waals surface area contributed by atoms with Crippen LogP contribution in [0.5, 0.6) is 5.75 Å². The number of amides is 1. The normalized spacial score (nSPS) is 12.3. The van der Waals surface area contributed by atoms with Crippen LogP contribution in [-0.4, -0.2) is 40.0 Å². The number of sulfonamides is 1. The van der Waals surface area contributed by atoms with Gasteiger partial charge in [-0.3, -0.25) is 9.10 Å². The van der Waals surface area contributed by atoms with Crippen molar-refractivity contribution in [1.29, 1.82) is 0 Å². The first-order valence-electron chi connectivity index (χ1n) is 7.96. The number of nitrogens with one attached hydrogen (secondary N) is 1. The molecule has 2 aromatic rings. The number of ether oxygens (including phenoxy) is 1. The third kappa shape index (κ3) is 5.09. The molecule has 0 bridgehead atoms. The Morgan fingerprint density at radius 1 is 1.26 bits per heavy atom. The van der Waals surface area contributed by atoms with Gasteiger partial charge in [0.05, 0.1) is 24.7 Å². The fourth-order valence-electron chi connectivity index (χ4n) is 2.60. The number of hydrogen-bond donors (Lipinski definition) is 1. The summed E-state index contributed by atoms with van der Waals surface area (Å²) in [6.07, 6.45) is 2.93. The van der Waals surface area contributed by atoms with E-state index in [0.29, 0.717) is 16.5 Å². The van der Waals surface area contributed by atoms with Gasteiger partial charge >= 0.3 is 0 Å². The minimum Gasteiger partial charge on any atom is -0.495 e. The Morgan fingerprint density at radius 2 is 1.93 bits per heavy atom. The smallest absolute Gasteiger partial charge is 0.248 e. The summed E-state index contributed by atoms with van der Waals surface area (Å²) in [5.74, 6) is -0.169. The molecular weight excluding hydrogens is 408 g/mol. The molecule has 0 aliphatic carbocycles. The summed E-state index contributed by atoms with van der Waals surface area (Å²) in [5.41, 5.74) is 0.821. The number of rotatable bonds is 7. The summed E-state index contributed by atoms with van der Waals surface area (Å²) >= 11 is 7.52. The minimum absolute atomic E-state index is 0.202. The van der Waals surface area contributed by atoms with Crippen LogP contribution in [0.1, 0.15) is 6.92 Å². The first-order valence-corrected chi connectivity index (χ1v) is 11.4. The number of anilines is 2. The molecule has 2 rings (SSSR count). The molecule has 0 aliphatic rings. The fourth-order valence-corrected chi connectivity index (χ4v) is 4.49. The SMILES string of the molecule is COc1ccc(Cl)cc1N([C@@H](C)C(=O)Nc1ccccc1SC)S(C)(=O)=O. The quantitative estimate of drug-likeness (QED) is 0.677. The molecule has 0 saturated heterocycles. The minimum atomic E-state index is -3.79. The highest BCUT2D eigenvalue weighted by molar-refractivity contribution is 7.98. The van der Waals surface area contributed by atoms with Crippen molar-refractivity contribution in [3.63, 3.8) is 0 Å². The van der Waals surface area contributed by atoms with E-state index in [4.69, 9.17) is 16.3 Å². The summed E-state index contributed by atoms with van der Waals surface area (Å²) < 4.78 is 31.2. The van der Waals surface area contributed by atoms with Crippen LogP contribution in [0.4, 0.5) is 11.4 Å². The van der Waals surface area contributed by atoms with Crippen molar-refractivity contribution < 1.29 is 17.9 Å². The first kappa shape index (κ1) is 21.4. The molecule has 1 atom stereocenters. The molecule has 0 unspecified atom stereocenters. The zero-order valence-corrected chi connectivity index (χ0v) is 17.8. The third-order valence-electron chi connectivity index (χ3n) is 3.83. The van der Waals surface area contributed by atoms with Crippen LogP contribution in [0, 0.1) is 0 Å². The maximum Gasteiger partial charge on any atom is 0.248 e. The molecule has 1 amide bonds. The molecule has 0 spiro atoms. The van der Waals surface area contributed by atoms with Gasteiger partial charge in [0.15, 0.2) is 0 Å². The topological polar surface area (TPSA) is 75.7 Å². The van der Waals surface area contributed by atoms with E-state index in [9.17, 15) is 13.2 Å². The molecule has 0 aromatic heterocycles. The lowest BCUT2D eigenvalue weighted by Crippen LogP contribution is -2.45. The summed E-state index contributed by atoms with van der Waals surface area (Å²) in [7, 11) is -2.37. The molecule has 0 fully saturated rings. The lowest BCUT2D eigenvalue weighted by molar-refractivity contribution is -0.116. The fraction of sp³-hybridized carbons (Fsp3) is 0.278. The molecule has 0 heterocycles. The van der Waals surface area contributed by atoms with Gasteiger partial charge in [-0.15, -0.1) is 11.8 Å². The summed E-state index contributed by atoms with van der Waals surface area (Å²) in [6.45, 7) is 1.51. The maximum absolute atomic E-state index is 12.8. The van der Waals surface area contributed by atoms with E-state index in [0.717, 1.165) is 15.5 Å². The van der Waals surface area contributed by atoms with Crippen LogP contribution in [-0.2, 0) is 14.8 Å². The summed E-state index contributed by atoms with van der Waals surface area (Å²) in [5, 5.41) is 3.13. The Bertz CT molecular complexity index is 935. The van der Waals surface area contributed by atoms with Crippen molar-refractivity contribution in [2.75, 3.05) is 29.2 Å². The summed E-state index contributed by atoms with van der Waals surface area (Å²) in [4.78, 5) is 13.7. The molecule has 27 heavy (non-hydrogen) atoms. The number of para-hydroxylation sites is 1. The van der Waals surface area contributed by atoms with E-state index >= 15 is 0 Å². The lowest BCUT2D eigenvalue weighted by atomic mass is 10.2. The van der Waals surface area contributed by atoms with Crippen LogP contribution in [0.15, 0.2) is 47.4 Å². The van der Waals surface area contributed by atoms with Crippen LogP contribution < -0.4 is 14.4 Å². The second kappa shape index (κ2) is 8.86. The molecule has 0 saturated carbocycles. The van der Waals surface area contributed by atoms with E-state index < -0.39 is 22.0 Å². The number of methoxy groups -OCH3 is 1. The Labute approximate surface area is 168 Å². The van der Waals surface area contributed by atoms with Crippen LogP contribution >= 0.6 is 23.4 Å². The standard InChI is InChI=1S/C18H21ClN2O4S2/c1-12(18(22)20-14-7-5-6-8-17(14)26-3)21(27(4,23)24)15-11-13(19)9-10-16(15)25-2/h5-12H,1-4H3,(H,20,22)/t12-/m0/s1. The number of hydrogen-bond acceptors (Lipinski definition) is 5. The Hall–Kier alpha value is -1.90. The largest absolute Gasteiger partial charge is 0.495 e. The lowest BCUT2D eigenvalue weighted by Gasteiger charge is -2.29. The molecule has 0 aliphatic heterocycles. The molecule has 0 radical (unpaired) electrons. The average molecular weight is 429 g/mol. The third-order valence-corrected chi connectivity index (χ3v) is 6.09. The molecule has 2 aromatic carbocycles. The number of carbonyl (C=O) groups is 1. The monoisotopic (exact) mass is 428 g/mol. The number of carbonyl (C=O) groups excluding carboxylic acids is 1. The highest BCUT2D eigenvalue weighted by Crippen LogP contribution is 2.34. The van der Waals surface area contributed by atoms with Gasteiger partial charge in [-0.2, -0.15) is 0 Å². The highest BCUT2D eigenvalue weighted by atomic mass is 35.5. The van der Waals surface area contributed by atoms with Crippen molar-refractivity contribution in [3.8, 4) is 5.75 Å². The van der Waals surface area contributed by atoms with Crippen molar-refractivity contribution in [1.82, 2.24) is 0 Å². The Balaban J connectivity index is 2.43. The van der Waals surface area contributed by atoms with Crippen LogP contribution in [0.2, 0.25) is 5.02 Å². The molecule has 1 N–H and O–H groups in total. The zero-order chi connectivity index (χ0) is 20.2. The Kier molecular flexibility index (Phi) is 7.02. The average Bonchev–Trinajstić information content (AvgIpc) is 2.61. The highest BCUT2D eigenvalue weighted by Gasteiger charge is 2.31. The van der Waals surface area contributed by atoms with Gasteiger partial charge in [0.25, 0.3) is 0 Å². The first-order chi connectivity index (χ1) is 12.7. The van der Waals surface area contributed by atoms with Gasteiger partial charge in [-0.25, -0.2) is 8.42 Å². The number of halogens is 1. The van der Waals surface area contributed by atoms with Gasteiger partial charge in [0.1, 0.15) is 11.8 Å². The van der Waals surface area contributed by atoms with E-state index in [1.807, 2.05) is 18.4 Å². The van der Waals surface area contributed by atoms with E-state index in [1.54, 1.807) is 24.3 Å². The predicted molar refractivity (Wildman–Crippen MR) is 112 cm³/mol. The maximum atomic E-state index is 12.8. The second-order valence-electron chi connectivity index (χ2n) is 5.74. The number of benzene rings is 2. The predicted octanol–water partition coefficient (Wildman–Crippen LogP) is 3.86. The van der Waals surface area contributed by atoms with E-state index in [1.165, 1.54) is 31.9 Å². The second-order valence-corrected chi connectivity index (χ2v) is 8.88. The van der Waals surface area contributed by atoms with Crippen molar-refractivity contribution in [2.45, 2.75) is 17.9 Å². The van der Waals surface area contributed by atoms with Crippen LogP contribution in [0.3, 0.4) is 0 Å². The van der Waals surface area contributed by atoms with Gasteiger partial charge in [-0.05, 0) is 43.5 Å². The van der Waals surface area contributed by atoms with Gasteiger partial charge in [0.2, 0.25) is 15.9 Å². The van der Waals surface area contributed by atoms with Gasteiger partial charge in [-0.1, -0.05) is 23.7 Å². The number of thioether (sulfide) groups is 1. The van der Waals surface area contributed by atoms with Crippen molar-refractivity contribution >= 4 is 50.7 Å². The molecule has 9 heteroatoms. The molecule has 6 nitrogen and oxygen atoms in total. The van der Waals surface area contributed by atoms with Crippen molar-refractivity contribution in [2.24, 2.45) is 0 Å². The molecular formula is C18H21ClN2O4S2. The van der Waals surface area contributed by atoms with Gasteiger partial charge < -0.3 is 10.1 Å². The van der Waals surface area contributed by atoms with Crippen LogP contribution in [0.25, 0.3) is 0 Å². The van der Waals surface area contributed by atoms with E-state index in [2.05, 4.69) is 5.32 Å². The number of nitrogens with zero attached hydrogens (tertiary/aromatic N) is 1. The van der Waals surface area contributed by atoms with Gasteiger partial charge in [0, 0.05) is 9.92 Å². The Morgan fingerprint density at radius 3 is 2.52 bits per heavy atom. The summed E-state index contributed by atoms with van der Waals surface area (Å²) in [6, 6.07) is 10.9. The van der Waals surface area contributed by atoms with Crippen molar-refractivity contribution in [3.05, 3.63) is 47.5 Å².